The van der Waals surface area contributed by atoms with Gasteiger partial charge in [0.25, 0.3) is 0 Å². The van der Waals surface area contributed by atoms with Crippen LogP contribution >= 0.6 is 27.3 Å². The average Bonchev–Trinajstić information content (AvgIpc) is 2.60. The van der Waals surface area contributed by atoms with Crippen LogP contribution in [0.2, 0.25) is 0 Å². The summed E-state index contributed by atoms with van der Waals surface area (Å²) in [6, 6.07) is 0. The minimum absolute atomic E-state index is 0.0649. The molecule has 0 saturated heterocycles. The van der Waals surface area contributed by atoms with E-state index in [0.29, 0.717) is 3.79 Å². The van der Waals surface area contributed by atoms with E-state index in [9.17, 15) is 0 Å². The van der Waals surface area contributed by atoms with E-state index in [4.69, 9.17) is 13.7 Å². The summed E-state index contributed by atoms with van der Waals surface area (Å²) in [5.74, 6) is 0. The van der Waals surface area contributed by atoms with E-state index in [0.717, 1.165) is 11.3 Å². The summed E-state index contributed by atoms with van der Waals surface area (Å²) in [7, 11) is 0. The van der Waals surface area contributed by atoms with Crippen molar-refractivity contribution in [1.82, 2.24) is 4.98 Å². The van der Waals surface area contributed by atoms with Crippen LogP contribution in [0.3, 0.4) is 0 Å². The summed E-state index contributed by atoms with van der Waals surface area (Å²) in [5, 5.41) is -0.385. The first-order chi connectivity index (χ1) is 9.12. The molecule has 0 unspecified atom stereocenters. The molecule has 11 heavy (non-hydrogen) atoms. The Kier molecular flexibility index (Phi) is 0.906. The van der Waals surface area contributed by atoms with Gasteiger partial charge in [0.1, 0.15) is 0 Å². The summed E-state index contributed by atoms with van der Waals surface area (Å²) >= 11 is 3.77. The molecule has 0 aromatic carbocycles. The van der Waals surface area contributed by atoms with E-state index in [2.05, 4.69) is 20.9 Å². The van der Waals surface area contributed by atoms with Crippen LogP contribution in [0.1, 0.15) is 27.4 Å². The van der Waals surface area contributed by atoms with Crippen molar-refractivity contribution in [3.8, 4) is 0 Å². The number of halogens is 1. The Morgan fingerprint density at radius 1 is 1.82 bits per heavy atom. The molecule has 1 rings (SSSR count). The summed E-state index contributed by atoms with van der Waals surface area (Å²) < 4.78 is 74.6. The van der Waals surface area contributed by atoms with Gasteiger partial charge in [-0.15, -0.1) is 0 Å². The van der Waals surface area contributed by atoms with Crippen molar-refractivity contribution in [3.63, 3.8) is 0 Å². The van der Waals surface area contributed by atoms with E-state index < -0.39 is 26.7 Å². The zero-order valence-electron chi connectivity index (χ0n) is 15.3. The molecule has 4 heteroatoms. The molecule has 0 saturated carbocycles. The Balaban J connectivity index is 3.53. The van der Waals surface area contributed by atoms with Crippen molar-refractivity contribution in [1.29, 1.82) is 0 Å². The topological polar surface area (TPSA) is 16.1 Å². The zero-order valence-corrected chi connectivity index (χ0v) is 7.66. The summed E-state index contributed by atoms with van der Waals surface area (Å²) in [4.78, 5) is 3.76. The van der Waals surface area contributed by atoms with Gasteiger partial charge in [0.2, 0.25) is 0 Å². The van der Waals surface area contributed by atoms with Crippen molar-refractivity contribution >= 4 is 32.4 Å². The molecular weight excluding hydrogens is 224 g/mol. The number of aromatic nitrogens is 1. The summed E-state index contributed by atoms with van der Waals surface area (Å²) in [6.45, 7) is -13.1. The van der Waals surface area contributed by atoms with Crippen LogP contribution in [-0.4, -0.2) is 18.0 Å². The minimum Gasteiger partial charge on any atom is -0.349 e. The van der Waals surface area contributed by atoms with E-state index >= 15 is 0 Å². The van der Waals surface area contributed by atoms with Gasteiger partial charge in [-0.25, -0.2) is 4.98 Å². The molecule has 2 nitrogen and oxygen atoms in total. The smallest absolute Gasteiger partial charge is 0.186 e. The van der Waals surface area contributed by atoms with Gasteiger partial charge in [-0.3, -0.25) is 0 Å². The Labute approximate surface area is 93.4 Å². The molecule has 1 heterocycles. The van der Waals surface area contributed by atoms with Crippen molar-refractivity contribution < 1.29 is 13.7 Å². The highest BCUT2D eigenvalue weighted by molar-refractivity contribution is 9.11. The fourth-order valence-electron chi connectivity index (χ4n) is 0.473. The second kappa shape index (κ2) is 4.07. The minimum atomic E-state index is -3.27. The number of hydrogen-bond acceptors (Lipinski definition) is 3. The van der Waals surface area contributed by atoms with Gasteiger partial charge in [0, 0.05) is 26.7 Å². The highest BCUT2D eigenvalue weighted by Crippen LogP contribution is 2.25. The van der Waals surface area contributed by atoms with Crippen LogP contribution in [0, 0.1) is 0 Å². The normalized spacial score (nSPS) is 28.5. The lowest BCUT2D eigenvalue weighted by Gasteiger charge is -2.16. The van der Waals surface area contributed by atoms with Gasteiger partial charge in [-0.05, 0) is 29.6 Å². The number of rotatable bonds is 3. The van der Waals surface area contributed by atoms with Gasteiger partial charge in [-0.1, -0.05) is 11.3 Å². The standard InChI is InChI=1S/C7H11BrN2S/c1-3-10(4-2)7-9-5-6(8)11-7/h5H,3-4H2,1-2H3/i1D3,2D3,3D2,4D2. The predicted molar refractivity (Wildman–Crippen MR) is 53.4 cm³/mol. The monoisotopic (exact) mass is 244 g/mol. The fraction of sp³-hybridized carbons (Fsp3) is 0.571. The lowest BCUT2D eigenvalue weighted by atomic mass is 10.6. The second-order valence-electron chi connectivity index (χ2n) is 1.51. The first kappa shape index (κ1) is 2.45. The number of hydrogen-bond donors (Lipinski definition) is 0. The first-order valence-corrected chi connectivity index (χ1v) is 4.15. The first-order valence-electron chi connectivity index (χ1n) is 7.54. The van der Waals surface area contributed by atoms with E-state index in [1.807, 2.05) is 0 Å². The Morgan fingerprint density at radius 3 is 3.00 bits per heavy atom. The van der Waals surface area contributed by atoms with Crippen molar-refractivity contribution in [2.75, 3.05) is 17.9 Å². The van der Waals surface area contributed by atoms with Crippen LogP contribution in [-0.2, 0) is 0 Å². The van der Waals surface area contributed by atoms with Gasteiger partial charge >= 0.3 is 0 Å². The Morgan fingerprint density at radius 2 is 2.55 bits per heavy atom. The quantitative estimate of drug-likeness (QED) is 0.814. The van der Waals surface area contributed by atoms with Crippen molar-refractivity contribution in [2.45, 2.75) is 13.7 Å². The molecule has 0 N–H and O–H groups in total. The summed E-state index contributed by atoms with van der Waals surface area (Å²) in [5.41, 5.74) is 0. The molecule has 0 amide bonds. The molecule has 0 aliphatic carbocycles. The molecule has 0 bridgehead atoms. The van der Waals surface area contributed by atoms with Crippen molar-refractivity contribution in [2.24, 2.45) is 0 Å². The van der Waals surface area contributed by atoms with Crippen LogP contribution in [0.4, 0.5) is 5.13 Å². The van der Waals surface area contributed by atoms with Crippen molar-refractivity contribution in [3.05, 3.63) is 9.98 Å². The molecule has 1 aromatic rings. The Bertz CT molecular complexity index is 480. The van der Waals surface area contributed by atoms with Gasteiger partial charge < -0.3 is 4.90 Å². The number of thiazole rings is 1. The van der Waals surface area contributed by atoms with Crippen LogP contribution in [0.15, 0.2) is 9.98 Å². The molecule has 0 spiro atoms. The fourth-order valence-corrected chi connectivity index (χ4v) is 1.58. The third kappa shape index (κ3) is 2.17. The van der Waals surface area contributed by atoms with Crippen LogP contribution in [0.5, 0.6) is 0 Å². The largest absolute Gasteiger partial charge is 0.349 e. The average molecular weight is 245 g/mol. The third-order valence-electron chi connectivity index (χ3n) is 0.880. The van der Waals surface area contributed by atoms with Gasteiger partial charge in [0.15, 0.2) is 5.13 Å². The van der Waals surface area contributed by atoms with Gasteiger partial charge in [-0.2, -0.15) is 0 Å². The Hall–Kier alpha value is -0.0900. The summed E-state index contributed by atoms with van der Waals surface area (Å²) in [6.07, 6.45) is 1.21. The maximum absolute atomic E-state index is 7.71. The highest BCUT2D eigenvalue weighted by atomic mass is 79.9. The molecule has 0 fully saturated rings. The molecule has 0 radical (unpaired) electrons. The lowest BCUT2D eigenvalue weighted by Crippen LogP contribution is -2.21. The van der Waals surface area contributed by atoms with Crippen LogP contribution in [0.25, 0.3) is 0 Å². The van der Waals surface area contributed by atoms with Crippen LogP contribution < -0.4 is 4.90 Å². The number of anilines is 1. The maximum Gasteiger partial charge on any atom is 0.186 e. The highest BCUT2D eigenvalue weighted by Gasteiger charge is 2.04. The lowest BCUT2D eigenvalue weighted by molar-refractivity contribution is 0.860. The molecule has 1 aromatic heterocycles. The molecule has 62 valence electrons. The van der Waals surface area contributed by atoms with E-state index in [-0.39, 0.29) is 10.0 Å². The van der Waals surface area contributed by atoms with E-state index in [1.165, 1.54) is 6.20 Å². The maximum atomic E-state index is 7.71. The zero-order chi connectivity index (χ0) is 16.9. The third-order valence-corrected chi connectivity index (χ3v) is 2.34. The van der Waals surface area contributed by atoms with Gasteiger partial charge in [0.05, 0.1) is 9.98 Å². The molecule has 0 atom stereocenters. The molecule has 0 aliphatic rings. The number of nitrogens with zero attached hydrogens (tertiary/aromatic N) is 2. The molecule has 0 aliphatic heterocycles. The SMILES string of the molecule is [2H]C([2H])([2H])C([2H])([2H])N(c1ncc(Br)s1)C([2H])([2H])C([2H])([2H])[2H]. The predicted octanol–water partition coefficient (Wildman–Crippen LogP) is 2.75. The second-order valence-corrected chi connectivity index (χ2v) is 3.89. The molecular formula is C7H11BrN2S. The van der Waals surface area contributed by atoms with E-state index in [1.54, 1.807) is 0 Å².